The molecule has 1 aromatic rings. The van der Waals surface area contributed by atoms with Gasteiger partial charge in [-0.2, -0.15) is 0 Å². The van der Waals surface area contributed by atoms with Gasteiger partial charge in [-0.15, -0.1) is 0 Å². The summed E-state index contributed by atoms with van der Waals surface area (Å²) in [5.74, 6) is -0.233. The quantitative estimate of drug-likeness (QED) is 0.886. The van der Waals surface area contributed by atoms with E-state index >= 15 is 0 Å². The number of rotatable bonds is 2. The lowest BCUT2D eigenvalue weighted by Crippen LogP contribution is -2.48. The third kappa shape index (κ3) is 2.96. The maximum Gasteiger partial charge on any atom is 0.147 e. The van der Waals surface area contributed by atoms with Crippen LogP contribution in [-0.4, -0.2) is 25.2 Å². The van der Waals surface area contributed by atoms with Gasteiger partial charge in [0.25, 0.3) is 0 Å². The maximum absolute atomic E-state index is 14.0. The summed E-state index contributed by atoms with van der Waals surface area (Å²) in [6.45, 7) is 7.03. The van der Waals surface area contributed by atoms with Crippen molar-refractivity contribution in [2.45, 2.75) is 32.2 Å². The minimum Gasteiger partial charge on any atom is -0.367 e. The Labute approximate surface area is 113 Å². The lowest BCUT2D eigenvalue weighted by atomic mass is 9.98. The van der Waals surface area contributed by atoms with E-state index in [4.69, 9.17) is 11.6 Å². The number of benzene rings is 1. The second kappa shape index (κ2) is 5.45. The summed E-state index contributed by atoms with van der Waals surface area (Å²) < 4.78 is 14.0. The van der Waals surface area contributed by atoms with E-state index in [1.54, 1.807) is 12.1 Å². The van der Waals surface area contributed by atoms with E-state index in [0.717, 1.165) is 32.5 Å². The molecule has 1 atom stereocenters. The lowest BCUT2D eigenvalue weighted by molar-refractivity contribution is 0.366. The maximum atomic E-state index is 14.0. The molecule has 4 heteroatoms. The molecule has 1 unspecified atom stereocenters. The van der Waals surface area contributed by atoms with Crippen molar-refractivity contribution in [3.8, 4) is 0 Å². The zero-order valence-electron chi connectivity index (χ0n) is 11.0. The fourth-order valence-corrected chi connectivity index (χ4v) is 2.56. The average molecular weight is 271 g/mol. The van der Waals surface area contributed by atoms with Crippen molar-refractivity contribution in [1.29, 1.82) is 0 Å². The number of nitrogens with zero attached hydrogens (tertiary/aromatic N) is 1. The number of anilines is 1. The molecule has 1 N–H and O–H groups in total. The Kier molecular flexibility index (Phi) is 4.13. The summed E-state index contributed by atoms with van der Waals surface area (Å²) in [4.78, 5) is 2.12. The normalized spacial score (nSPS) is 25.0. The number of nitrogens with one attached hydrogen (secondary N) is 1. The topological polar surface area (TPSA) is 15.3 Å². The van der Waals surface area contributed by atoms with Crippen molar-refractivity contribution in [3.05, 3.63) is 29.0 Å². The van der Waals surface area contributed by atoms with Crippen LogP contribution in [0.5, 0.6) is 0 Å². The Morgan fingerprint density at radius 1 is 1.50 bits per heavy atom. The average Bonchev–Trinajstić information content (AvgIpc) is 2.52. The molecule has 1 aliphatic rings. The van der Waals surface area contributed by atoms with E-state index in [2.05, 4.69) is 24.1 Å². The zero-order valence-corrected chi connectivity index (χ0v) is 11.7. The van der Waals surface area contributed by atoms with Crippen molar-refractivity contribution in [1.82, 2.24) is 5.32 Å². The van der Waals surface area contributed by atoms with Crippen LogP contribution in [0, 0.1) is 5.82 Å². The van der Waals surface area contributed by atoms with Crippen LogP contribution in [0.15, 0.2) is 18.2 Å². The number of halogens is 2. The molecule has 1 aromatic carbocycles. The molecule has 1 fully saturated rings. The molecule has 2 nitrogen and oxygen atoms in total. The highest BCUT2D eigenvalue weighted by Crippen LogP contribution is 2.26. The van der Waals surface area contributed by atoms with E-state index < -0.39 is 0 Å². The van der Waals surface area contributed by atoms with Crippen LogP contribution < -0.4 is 10.2 Å². The smallest absolute Gasteiger partial charge is 0.147 e. The minimum atomic E-state index is -0.233. The summed E-state index contributed by atoms with van der Waals surface area (Å²) in [6.07, 6.45) is 2.05. The van der Waals surface area contributed by atoms with Gasteiger partial charge >= 0.3 is 0 Å². The van der Waals surface area contributed by atoms with Crippen LogP contribution >= 0.6 is 11.6 Å². The largest absolute Gasteiger partial charge is 0.367 e. The van der Waals surface area contributed by atoms with Gasteiger partial charge in [0.05, 0.1) is 5.69 Å². The molecule has 0 bridgehead atoms. The number of hydrogen-bond donors (Lipinski definition) is 1. The Balaban J connectivity index is 2.25. The molecule has 100 valence electrons. The zero-order chi connectivity index (χ0) is 13.2. The Bertz CT molecular complexity index is 424. The molecule has 0 radical (unpaired) electrons. The molecule has 1 saturated heterocycles. The summed E-state index contributed by atoms with van der Waals surface area (Å²) >= 11 is 5.80. The van der Waals surface area contributed by atoms with Crippen molar-refractivity contribution < 1.29 is 4.39 Å². The van der Waals surface area contributed by atoms with Gasteiger partial charge in [-0.3, -0.25) is 0 Å². The van der Waals surface area contributed by atoms with Crippen molar-refractivity contribution in [3.63, 3.8) is 0 Å². The Morgan fingerprint density at radius 3 is 2.94 bits per heavy atom. The standard InChI is InChI=1S/C14H20ClFN2/c1-3-14(2)10-18(8-4-7-17-14)13-6-5-11(15)9-12(13)16/h5-6,9,17H,3-4,7-8,10H2,1-2H3. The van der Waals surface area contributed by atoms with Crippen LogP contribution in [0.25, 0.3) is 0 Å². The minimum absolute atomic E-state index is 0.0442. The Morgan fingerprint density at radius 2 is 2.28 bits per heavy atom. The van der Waals surface area contributed by atoms with E-state index in [-0.39, 0.29) is 11.4 Å². The first-order chi connectivity index (χ1) is 8.54. The molecule has 1 heterocycles. The molecule has 2 rings (SSSR count). The van der Waals surface area contributed by atoms with E-state index in [0.29, 0.717) is 10.7 Å². The third-order valence-electron chi connectivity index (χ3n) is 3.73. The highest BCUT2D eigenvalue weighted by Gasteiger charge is 2.28. The fourth-order valence-electron chi connectivity index (χ4n) is 2.40. The van der Waals surface area contributed by atoms with Gasteiger partial charge in [-0.25, -0.2) is 4.39 Å². The highest BCUT2D eigenvalue weighted by atomic mass is 35.5. The van der Waals surface area contributed by atoms with E-state index in [9.17, 15) is 4.39 Å². The van der Waals surface area contributed by atoms with Crippen LogP contribution in [0.2, 0.25) is 5.02 Å². The van der Waals surface area contributed by atoms with Crippen LogP contribution in [0.1, 0.15) is 26.7 Å². The van der Waals surface area contributed by atoms with Gasteiger partial charge in [0, 0.05) is 23.7 Å². The first-order valence-electron chi connectivity index (χ1n) is 6.49. The predicted octanol–water partition coefficient (Wildman–Crippen LogP) is 3.45. The predicted molar refractivity (Wildman–Crippen MR) is 74.9 cm³/mol. The van der Waals surface area contributed by atoms with Crippen molar-refractivity contribution >= 4 is 17.3 Å². The molecule has 0 amide bonds. The van der Waals surface area contributed by atoms with Gasteiger partial charge in [0.1, 0.15) is 5.82 Å². The fraction of sp³-hybridized carbons (Fsp3) is 0.571. The molecular weight excluding hydrogens is 251 g/mol. The molecule has 1 aliphatic heterocycles. The second-order valence-electron chi connectivity index (χ2n) is 5.21. The summed E-state index contributed by atoms with van der Waals surface area (Å²) in [5, 5.41) is 3.99. The van der Waals surface area contributed by atoms with Crippen LogP contribution in [-0.2, 0) is 0 Å². The molecule has 0 spiro atoms. The molecule has 0 aliphatic carbocycles. The summed E-state index contributed by atoms with van der Waals surface area (Å²) in [6, 6.07) is 4.92. The van der Waals surface area contributed by atoms with Gasteiger partial charge in [0.2, 0.25) is 0 Å². The first-order valence-corrected chi connectivity index (χ1v) is 6.87. The molecular formula is C14H20ClFN2. The van der Waals surface area contributed by atoms with E-state index in [1.807, 2.05) is 0 Å². The van der Waals surface area contributed by atoms with Crippen molar-refractivity contribution in [2.75, 3.05) is 24.5 Å². The van der Waals surface area contributed by atoms with Crippen LogP contribution in [0.4, 0.5) is 10.1 Å². The molecule has 18 heavy (non-hydrogen) atoms. The Hall–Kier alpha value is -0.800. The first kappa shape index (κ1) is 13.6. The molecule has 0 saturated carbocycles. The summed E-state index contributed by atoms with van der Waals surface area (Å²) in [7, 11) is 0. The van der Waals surface area contributed by atoms with Gasteiger partial charge in [0.15, 0.2) is 0 Å². The molecule has 0 aromatic heterocycles. The monoisotopic (exact) mass is 270 g/mol. The SMILES string of the molecule is CCC1(C)CN(c2ccc(Cl)cc2F)CCCN1. The highest BCUT2D eigenvalue weighted by molar-refractivity contribution is 6.30. The van der Waals surface area contributed by atoms with Gasteiger partial charge < -0.3 is 10.2 Å². The second-order valence-corrected chi connectivity index (χ2v) is 5.65. The van der Waals surface area contributed by atoms with Gasteiger partial charge in [-0.1, -0.05) is 18.5 Å². The number of hydrogen-bond acceptors (Lipinski definition) is 2. The van der Waals surface area contributed by atoms with Gasteiger partial charge in [-0.05, 0) is 44.5 Å². The van der Waals surface area contributed by atoms with Crippen molar-refractivity contribution in [2.24, 2.45) is 0 Å². The lowest BCUT2D eigenvalue weighted by Gasteiger charge is -2.34. The third-order valence-corrected chi connectivity index (χ3v) is 3.96. The van der Waals surface area contributed by atoms with Crippen LogP contribution in [0.3, 0.4) is 0 Å². The summed E-state index contributed by atoms with van der Waals surface area (Å²) in [5.41, 5.74) is 0.700. The van der Waals surface area contributed by atoms with E-state index in [1.165, 1.54) is 6.07 Å².